The summed E-state index contributed by atoms with van der Waals surface area (Å²) in [5.74, 6) is 0. The Labute approximate surface area is 114 Å². The number of nitrogens with zero attached hydrogens (tertiary/aromatic N) is 2. The van der Waals surface area contributed by atoms with Crippen LogP contribution in [0.15, 0.2) is 36.4 Å². The van der Waals surface area contributed by atoms with Gasteiger partial charge in [0.25, 0.3) is 0 Å². The van der Waals surface area contributed by atoms with E-state index in [1.807, 2.05) is 30.7 Å². The van der Waals surface area contributed by atoms with Crippen LogP contribution in [0.2, 0.25) is 0 Å². The second-order valence-corrected chi connectivity index (χ2v) is 4.82. The van der Waals surface area contributed by atoms with Crippen LogP contribution in [0.1, 0.15) is 35.5 Å². The third-order valence-corrected chi connectivity index (χ3v) is 3.65. The monoisotopic (exact) mass is 253 g/mol. The molecular weight excluding hydrogens is 234 g/mol. The zero-order chi connectivity index (χ0) is 13.8. The molecule has 3 heteroatoms. The summed E-state index contributed by atoms with van der Waals surface area (Å²) in [4.78, 5) is 0. The van der Waals surface area contributed by atoms with Crippen LogP contribution in [-0.4, -0.2) is 4.57 Å². The van der Waals surface area contributed by atoms with Crippen LogP contribution in [-0.2, 0) is 13.6 Å². The normalized spacial score (nSPS) is 12.1. The van der Waals surface area contributed by atoms with E-state index >= 15 is 0 Å². The summed E-state index contributed by atoms with van der Waals surface area (Å²) >= 11 is 0. The first-order valence-corrected chi connectivity index (χ1v) is 6.47. The van der Waals surface area contributed by atoms with Crippen LogP contribution in [0.4, 0.5) is 0 Å². The topological polar surface area (TPSA) is 40.8 Å². The zero-order valence-electron chi connectivity index (χ0n) is 11.6. The van der Waals surface area contributed by atoms with Crippen LogP contribution < -0.4 is 5.32 Å². The smallest absolute Gasteiger partial charge is 0.120 e. The van der Waals surface area contributed by atoms with E-state index in [9.17, 15) is 0 Å². The lowest BCUT2D eigenvalue weighted by Gasteiger charge is -2.14. The molecule has 1 aromatic heterocycles. The molecule has 0 bridgehead atoms. The average Bonchev–Trinajstić information content (AvgIpc) is 2.73. The molecule has 19 heavy (non-hydrogen) atoms. The quantitative estimate of drug-likeness (QED) is 0.909. The fourth-order valence-corrected chi connectivity index (χ4v) is 2.17. The maximum atomic E-state index is 9.02. The third kappa shape index (κ3) is 2.86. The highest BCUT2D eigenvalue weighted by Crippen LogP contribution is 2.16. The summed E-state index contributed by atoms with van der Waals surface area (Å²) in [7, 11) is 1.93. The molecule has 0 amide bonds. The Balaban J connectivity index is 2.06. The van der Waals surface area contributed by atoms with Gasteiger partial charge in [-0.15, -0.1) is 0 Å². The molecule has 1 N–H and O–H groups in total. The highest BCUT2D eigenvalue weighted by molar-refractivity contribution is 5.34. The Bertz CT molecular complexity index is 590. The summed E-state index contributed by atoms with van der Waals surface area (Å²) in [6.45, 7) is 4.97. The first-order chi connectivity index (χ1) is 9.13. The van der Waals surface area contributed by atoms with Gasteiger partial charge in [-0.3, -0.25) is 0 Å². The lowest BCUT2D eigenvalue weighted by atomic mass is 10.1. The molecule has 1 unspecified atom stereocenters. The van der Waals surface area contributed by atoms with E-state index in [1.165, 1.54) is 11.1 Å². The van der Waals surface area contributed by atoms with Crippen molar-refractivity contribution >= 4 is 0 Å². The van der Waals surface area contributed by atoms with Gasteiger partial charge in [0.2, 0.25) is 0 Å². The van der Waals surface area contributed by atoms with Crippen molar-refractivity contribution in [1.29, 1.82) is 5.26 Å². The fraction of sp³-hybridized carbons (Fsp3) is 0.312. The standard InChI is InChI=1S/C16H19N3/c1-12(14-7-5-4-6-8-14)18-11-15-9-16(10-17)19(3)13(15)2/h4-9,12,18H,11H2,1-3H3. The summed E-state index contributed by atoms with van der Waals surface area (Å²) in [5.41, 5.74) is 4.31. The van der Waals surface area contributed by atoms with Gasteiger partial charge >= 0.3 is 0 Å². The minimum atomic E-state index is 0.298. The van der Waals surface area contributed by atoms with Gasteiger partial charge in [-0.05, 0) is 31.0 Å². The van der Waals surface area contributed by atoms with Gasteiger partial charge in [0.15, 0.2) is 0 Å². The van der Waals surface area contributed by atoms with Crippen LogP contribution in [0.3, 0.4) is 0 Å². The molecule has 0 aliphatic rings. The van der Waals surface area contributed by atoms with Crippen molar-refractivity contribution in [3.8, 4) is 6.07 Å². The molecule has 0 aliphatic carbocycles. The molecule has 0 aliphatic heterocycles. The minimum absolute atomic E-state index is 0.298. The van der Waals surface area contributed by atoms with E-state index in [2.05, 4.69) is 42.6 Å². The highest BCUT2D eigenvalue weighted by Gasteiger charge is 2.10. The molecule has 3 nitrogen and oxygen atoms in total. The second kappa shape index (κ2) is 5.73. The van der Waals surface area contributed by atoms with Crippen LogP contribution in [0.5, 0.6) is 0 Å². The van der Waals surface area contributed by atoms with Crippen LogP contribution >= 0.6 is 0 Å². The molecule has 1 aromatic carbocycles. The molecular formula is C16H19N3. The van der Waals surface area contributed by atoms with E-state index in [-0.39, 0.29) is 0 Å². The summed E-state index contributed by atoms with van der Waals surface area (Å²) in [6, 6.07) is 14.8. The van der Waals surface area contributed by atoms with Crippen molar-refractivity contribution < 1.29 is 0 Å². The number of hydrogen-bond acceptors (Lipinski definition) is 2. The molecule has 0 spiro atoms. The van der Waals surface area contributed by atoms with Crippen molar-refractivity contribution in [2.24, 2.45) is 7.05 Å². The SMILES string of the molecule is Cc1c(CNC(C)c2ccccc2)cc(C#N)n1C. The van der Waals surface area contributed by atoms with E-state index in [0.717, 1.165) is 12.2 Å². The largest absolute Gasteiger partial charge is 0.340 e. The van der Waals surface area contributed by atoms with Gasteiger partial charge in [-0.1, -0.05) is 30.3 Å². The Morgan fingerprint density at radius 3 is 2.58 bits per heavy atom. The predicted molar refractivity (Wildman–Crippen MR) is 76.6 cm³/mol. The Morgan fingerprint density at radius 1 is 1.32 bits per heavy atom. The summed E-state index contributed by atoms with van der Waals surface area (Å²) in [5, 5.41) is 12.5. The Kier molecular flexibility index (Phi) is 4.03. The average molecular weight is 253 g/mol. The number of benzene rings is 1. The Morgan fingerprint density at radius 2 is 2.00 bits per heavy atom. The van der Waals surface area contributed by atoms with E-state index < -0.39 is 0 Å². The molecule has 0 fully saturated rings. The first-order valence-electron chi connectivity index (χ1n) is 6.47. The van der Waals surface area contributed by atoms with Gasteiger partial charge in [0.05, 0.1) is 0 Å². The van der Waals surface area contributed by atoms with Gasteiger partial charge < -0.3 is 9.88 Å². The number of nitriles is 1. The molecule has 1 atom stereocenters. The van der Waals surface area contributed by atoms with Crippen molar-refractivity contribution in [3.63, 3.8) is 0 Å². The van der Waals surface area contributed by atoms with Crippen LogP contribution in [0, 0.1) is 18.3 Å². The molecule has 2 rings (SSSR count). The van der Waals surface area contributed by atoms with Crippen molar-refractivity contribution in [3.05, 3.63) is 58.9 Å². The summed E-state index contributed by atoms with van der Waals surface area (Å²) < 4.78 is 1.93. The van der Waals surface area contributed by atoms with Crippen molar-refractivity contribution in [2.45, 2.75) is 26.4 Å². The first kappa shape index (κ1) is 13.4. The number of hydrogen-bond donors (Lipinski definition) is 1. The molecule has 0 radical (unpaired) electrons. The second-order valence-electron chi connectivity index (χ2n) is 4.82. The summed E-state index contributed by atoms with van der Waals surface area (Å²) in [6.07, 6.45) is 0. The molecule has 0 saturated carbocycles. The Hall–Kier alpha value is -2.05. The van der Waals surface area contributed by atoms with Gasteiger partial charge in [-0.2, -0.15) is 5.26 Å². The zero-order valence-corrected chi connectivity index (χ0v) is 11.6. The number of rotatable bonds is 4. The van der Waals surface area contributed by atoms with Crippen molar-refractivity contribution in [2.75, 3.05) is 0 Å². The number of nitrogens with one attached hydrogen (secondary N) is 1. The van der Waals surface area contributed by atoms with Crippen LogP contribution in [0.25, 0.3) is 0 Å². The van der Waals surface area contributed by atoms with E-state index in [4.69, 9.17) is 5.26 Å². The predicted octanol–water partition coefficient (Wildman–Crippen LogP) is 3.06. The molecule has 98 valence electrons. The lowest BCUT2D eigenvalue weighted by Crippen LogP contribution is -2.18. The lowest BCUT2D eigenvalue weighted by molar-refractivity contribution is 0.572. The fourth-order valence-electron chi connectivity index (χ4n) is 2.17. The van der Waals surface area contributed by atoms with Crippen molar-refractivity contribution in [1.82, 2.24) is 9.88 Å². The van der Waals surface area contributed by atoms with Gasteiger partial charge in [0, 0.05) is 25.3 Å². The minimum Gasteiger partial charge on any atom is -0.340 e. The molecule has 1 heterocycles. The molecule has 2 aromatic rings. The third-order valence-electron chi connectivity index (χ3n) is 3.65. The highest BCUT2D eigenvalue weighted by atomic mass is 15.0. The maximum absolute atomic E-state index is 9.02. The van der Waals surface area contributed by atoms with E-state index in [1.54, 1.807) is 0 Å². The van der Waals surface area contributed by atoms with Gasteiger partial charge in [0.1, 0.15) is 11.8 Å². The number of aromatic nitrogens is 1. The van der Waals surface area contributed by atoms with E-state index in [0.29, 0.717) is 11.7 Å². The van der Waals surface area contributed by atoms with Gasteiger partial charge in [-0.25, -0.2) is 0 Å². The maximum Gasteiger partial charge on any atom is 0.120 e. The molecule has 0 saturated heterocycles.